The molecule has 0 heterocycles. The van der Waals surface area contributed by atoms with E-state index in [9.17, 15) is 13.2 Å². The van der Waals surface area contributed by atoms with Crippen LogP contribution in [0.5, 0.6) is 5.75 Å². The molecule has 0 saturated heterocycles. The van der Waals surface area contributed by atoms with Crippen molar-refractivity contribution in [1.29, 1.82) is 0 Å². The van der Waals surface area contributed by atoms with Gasteiger partial charge < -0.3 is 10.1 Å². The van der Waals surface area contributed by atoms with Gasteiger partial charge in [0.15, 0.2) is 0 Å². The molecule has 1 atom stereocenters. The Morgan fingerprint density at radius 1 is 1.19 bits per heavy atom. The summed E-state index contributed by atoms with van der Waals surface area (Å²) in [4.78, 5) is 12.6. The number of sulfonamides is 1. The number of benzene rings is 2. The maximum absolute atomic E-state index is 12.6. The number of hydrogen-bond donors (Lipinski definition) is 1. The minimum absolute atomic E-state index is 0.344. The summed E-state index contributed by atoms with van der Waals surface area (Å²) in [7, 11) is -2.17. The lowest BCUT2D eigenvalue weighted by Gasteiger charge is -2.28. The summed E-state index contributed by atoms with van der Waals surface area (Å²) in [6, 6.07) is 10.8. The molecule has 2 aromatic carbocycles. The van der Waals surface area contributed by atoms with Crippen molar-refractivity contribution in [3.05, 3.63) is 53.1 Å². The molecule has 1 amide bonds. The Labute approximate surface area is 158 Å². The fourth-order valence-corrected chi connectivity index (χ4v) is 3.92. The van der Waals surface area contributed by atoms with Crippen LogP contribution in [0.25, 0.3) is 0 Å². The third-order valence-corrected chi connectivity index (χ3v) is 5.33. The van der Waals surface area contributed by atoms with Gasteiger partial charge in [0.05, 0.1) is 24.1 Å². The molecule has 0 aliphatic rings. The minimum Gasteiger partial charge on any atom is -0.495 e. The van der Waals surface area contributed by atoms with Crippen LogP contribution in [-0.2, 0) is 14.8 Å². The summed E-state index contributed by atoms with van der Waals surface area (Å²) < 4.78 is 30.7. The van der Waals surface area contributed by atoms with Gasteiger partial charge in [0, 0.05) is 5.69 Å². The average molecular weight is 397 g/mol. The highest BCUT2D eigenvalue weighted by molar-refractivity contribution is 7.92. The Hall–Kier alpha value is -2.25. The topological polar surface area (TPSA) is 75.7 Å². The van der Waals surface area contributed by atoms with E-state index in [4.69, 9.17) is 16.3 Å². The van der Waals surface area contributed by atoms with E-state index in [1.54, 1.807) is 42.5 Å². The molecule has 1 N–H and O–H groups in total. The first-order valence-electron chi connectivity index (χ1n) is 7.84. The fourth-order valence-electron chi connectivity index (χ4n) is 2.49. The zero-order chi connectivity index (χ0) is 19.5. The van der Waals surface area contributed by atoms with Crippen molar-refractivity contribution in [2.75, 3.05) is 23.0 Å². The van der Waals surface area contributed by atoms with Gasteiger partial charge in [-0.1, -0.05) is 29.3 Å². The van der Waals surface area contributed by atoms with Gasteiger partial charge in [-0.05, 0) is 44.2 Å². The molecule has 0 spiro atoms. The molecule has 140 valence electrons. The van der Waals surface area contributed by atoms with E-state index in [0.29, 0.717) is 22.1 Å². The molecule has 0 fully saturated rings. The highest BCUT2D eigenvalue weighted by Gasteiger charge is 2.29. The molecule has 0 bridgehead atoms. The minimum atomic E-state index is -3.66. The maximum Gasteiger partial charge on any atom is 0.247 e. The van der Waals surface area contributed by atoms with Crippen LogP contribution in [0.15, 0.2) is 42.5 Å². The van der Waals surface area contributed by atoms with Crippen molar-refractivity contribution in [1.82, 2.24) is 0 Å². The number of carbonyl (C=O) groups is 1. The summed E-state index contributed by atoms with van der Waals surface area (Å²) in [6.45, 7) is 3.43. The number of methoxy groups -OCH3 is 1. The summed E-state index contributed by atoms with van der Waals surface area (Å²) in [6.07, 6.45) is 1.07. The smallest absolute Gasteiger partial charge is 0.247 e. The van der Waals surface area contributed by atoms with Gasteiger partial charge >= 0.3 is 0 Å². The lowest BCUT2D eigenvalue weighted by Crippen LogP contribution is -2.45. The lowest BCUT2D eigenvalue weighted by molar-refractivity contribution is -0.116. The Kier molecular flexibility index (Phi) is 6.15. The SMILES string of the molecule is COc1ccc(NC(=O)C(C)N(c2ccc(C)cc2)S(C)(=O)=O)cc1Cl. The highest BCUT2D eigenvalue weighted by Crippen LogP contribution is 2.28. The van der Waals surface area contributed by atoms with Gasteiger partial charge in [-0.2, -0.15) is 0 Å². The van der Waals surface area contributed by atoms with E-state index in [1.165, 1.54) is 14.0 Å². The van der Waals surface area contributed by atoms with Crippen LogP contribution in [0.4, 0.5) is 11.4 Å². The lowest BCUT2D eigenvalue weighted by atomic mass is 10.2. The number of carbonyl (C=O) groups excluding carboxylic acids is 1. The van der Waals surface area contributed by atoms with Crippen LogP contribution in [0, 0.1) is 6.92 Å². The van der Waals surface area contributed by atoms with E-state index in [-0.39, 0.29) is 0 Å². The van der Waals surface area contributed by atoms with Gasteiger partial charge in [0.1, 0.15) is 11.8 Å². The van der Waals surface area contributed by atoms with E-state index in [0.717, 1.165) is 16.1 Å². The molecular weight excluding hydrogens is 376 g/mol. The van der Waals surface area contributed by atoms with Crippen molar-refractivity contribution in [3.8, 4) is 5.75 Å². The van der Waals surface area contributed by atoms with Crippen molar-refractivity contribution < 1.29 is 17.9 Å². The Bertz CT molecular complexity index is 898. The first-order valence-corrected chi connectivity index (χ1v) is 10.1. The predicted octanol–water partition coefficient (Wildman–Crippen LogP) is 3.45. The molecule has 6 nitrogen and oxygen atoms in total. The quantitative estimate of drug-likeness (QED) is 0.811. The second-order valence-corrected chi connectivity index (χ2v) is 8.18. The predicted molar refractivity (Wildman–Crippen MR) is 105 cm³/mol. The van der Waals surface area contributed by atoms with Crippen LogP contribution >= 0.6 is 11.6 Å². The molecule has 26 heavy (non-hydrogen) atoms. The number of amides is 1. The molecule has 0 aromatic heterocycles. The van der Waals surface area contributed by atoms with Crippen molar-refractivity contribution in [3.63, 3.8) is 0 Å². The summed E-state index contributed by atoms with van der Waals surface area (Å²) in [5, 5.41) is 3.03. The molecule has 2 aromatic rings. The molecule has 2 rings (SSSR count). The van der Waals surface area contributed by atoms with E-state index < -0.39 is 22.0 Å². The fraction of sp³-hybridized carbons (Fsp3) is 0.278. The number of ether oxygens (including phenoxy) is 1. The van der Waals surface area contributed by atoms with Gasteiger partial charge in [-0.15, -0.1) is 0 Å². The number of rotatable bonds is 6. The number of hydrogen-bond acceptors (Lipinski definition) is 4. The Balaban J connectivity index is 2.27. The van der Waals surface area contributed by atoms with Crippen LogP contribution in [0.2, 0.25) is 5.02 Å². The highest BCUT2D eigenvalue weighted by atomic mass is 35.5. The zero-order valence-electron chi connectivity index (χ0n) is 15.0. The maximum atomic E-state index is 12.6. The Morgan fingerprint density at radius 2 is 1.81 bits per heavy atom. The summed E-state index contributed by atoms with van der Waals surface area (Å²) in [5.41, 5.74) is 1.87. The van der Waals surface area contributed by atoms with Gasteiger partial charge in [-0.25, -0.2) is 8.42 Å². The second-order valence-electron chi connectivity index (χ2n) is 5.91. The number of anilines is 2. The summed E-state index contributed by atoms with van der Waals surface area (Å²) >= 11 is 6.06. The second kappa shape index (κ2) is 7.97. The van der Waals surface area contributed by atoms with E-state index in [1.807, 2.05) is 6.92 Å². The number of aryl methyl sites for hydroxylation is 1. The van der Waals surface area contributed by atoms with Crippen LogP contribution < -0.4 is 14.4 Å². The number of nitrogens with zero attached hydrogens (tertiary/aromatic N) is 1. The molecule has 0 aliphatic carbocycles. The molecule has 0 aliphatic heterocycles. The number of halogens is 1. The first kappa shape index (κ1) is 20.1. The van der Waals surface area contributed by atoms with E-state index in [2.05, 4.69) is 5.32 Å². The average Bonchev–Trinajstić information content (AvgIpc) is 2.55. The Morgan fingerprint density at radius 3 is 2.31 bits per heavy atom. The van der Waals surface area contributed by atoms with E-state index >= 15 is 0 Å². The van der Waals surface area contributed by atoms with Gasteiger partial charge in [-0.3, -0.25) is 9.10 Å². The van der Waals surface area contributed by atoms with Crippen LogP contribution in [0.3, 0.4) is 0 Å². The van der Waals surface area contributed by atoms with Crippen molar-refractivity contribution in [2.24, 2.45) is 0 Å². The van der Waals surface area contributed by atoms with Crippen molar-refractivity contribution in [2.45, 2.75) is 19.9 Å². The third kappa shape index (κ3) is 4.68. The molecule has 0 radical (unpaired) electrons. The third-order valence-electron chi connectivity index (χ3n) is 3.80. The largest absolute Gasteiger partial charge is 0.495 e. The molecular formula is C18H21ClN2O4S. The van der Waals surface area contributed by atoms with Gasteiger partial charge in [0.25, 0.3) is 0 Å². The summed E-state index contributed by atoms with van der Waals surface area (Å²) in [5.74, 6) is 0.00682. The molecule has 1 unspecified atom stereocenters. The molecule has 8 heteroatoms. The van der Waals surface area contributed by atoms with Crippen molar-refractivity contribution >= 4 is 38.9 Å². The first-order chi connectivity index (χ1) is 12.1. The van der Waals surface area contributed by atoms with Crippen LogP contribution in [-0.4, -0.2) is 33.7 Å². The standard InChI is InChI=1S/C18H21ClN2O4S/c1-12-5-8-15(9-6-12)21(26(4,23)24)13(2)18(22)20-14-7-10-17(25-3)16(19)11-14/h5-11,13H,1-4H3,(H,20,22). The normalized spacial score (nSPS) is 12.3. The van der Waals surface area contributed by atoms with Crippen LogP contribution in [0.1, 0.15) is 12.5 Å². The monoisotopic (exact) mass is 396 g/mol. The zero-order valence-corrected chi connectivity index (χ0v) is 16.6. The molecule has 0 saturated carbocycles. The van der Waals surface area contributed by atoms with Gasteiger partial charge in [0.2, 0.25) is 15.9 Å². The number of nitrogens with one attached hydrogen (secondary N) is 1.